The number of hydrogen-bond acceptors (Lipinski definition) is 3. The molecule has 1 heterocycles. The Morgan fingerprint density at radius 3 is 2.65 bits per heavy atom. The number of methoxy groups -OCH3 is 1. The van der Waals surface area contributed by atoms with Crippen molar-refractivity contribution < 1.29 is 9.47 Å². The van der Waals surface area contributed by atoms with E-state index in [0.29, 0.717) is 12.0 Å². The molecule has 20 heavy (non-hydrogen) atoms. The Morgan fingerprint density at radius 1 is 1.20 bits per heavy atom. The summed E-state index contributed by atoms with van der Waals surface area (Å²) < 4.78 is 11.5. The number of ether oxygens (including phenoxy) is 2. The predicted molar refractivity (Wildman–Crippen MR) is 80.1 cm³/mol. The average molecular weight is 275 g/mol. The fourth-order valence-electron chi connectivity index (χ4n) is 3.59. The Balaban J connectivity index is 1.75. The van der Waals surface area contributed by atoms with Gasteiger partial charge in [-0.15, -0.1) is 0 Å². The minimum Gasteiger partial charge on any atom is -0.497 e. The molecule has 3 nitrogen and oxygen atoms in total. The maximum absolute atomic E-state index is 6.36. The molecular weight excluding hydrogens is 250 g/mol. The summed E-state index contributed by atoms with van der Waals surface area (Å²) in [6, 6.07) is 6.04. The van der Waals surface area contributed by atoms with E-state index in [1.165, 1.54) is 25.7 Å². The highest BCUT2D eigenvalue weighted by Crippen LogP contribution is 2.41. The molecule has 1 aromatic rings. The highest BCUT2D eigenvalue weighted by atomic mass is 16.5. The summed E-state index contributed by atoms with van der Waals surface area (Å²) in [4.78, 5) is 0. The van der Waals surface area contributed by atoms with Crippen molar-refractivity contribution in [2.75, 3.05) is 7.11 Å². The topological polar surface area (TPSA) is 44.5 Å². The van der Waals surface area contributed by atoms with E-state index >= 15 is 0 Å². The van der Waals surface area contributed by atoms with Gasteiger partial charge in [0, 0.05) is 18.0 Å². The molecule has 0 saturated heterocycles. The lowest BCUT2D eigenvalue weighted by Gasteiger charge is -2.38. The summed E-state index contributed by atoms with van der Waals surface area (Å²) in [5.41, 5.74) is 7.45. The Morgan fingerprint density at radius 2 is 1.95 bits per heavy atom. The standard InChI is InChI=1S/C17H25NO2/c1-11-3-5-12(6-4-11)17-10-15(18)14-9-13(19-2)7-8-16(14)20-17/h7-9,11-12,15,17H,3-6,10,18H2,1-2H3/t11?,12?,15-,17?/m1/s1. The van der Waals surface area contributed by atoms with Gasteiger partial charge in [0.15, 0.2) is 0 Å². The molecule has 1 unspecified atom stereocenters. The molecule has 2 N–H and O–H groups in total. The second kappa shape index (κ2) is 5.65. The molecule has 2 aliphatic rings. The van der Waals surface area contributed by atoms with Crippen molar-refractivity contribution in [2.24, 2.45) is 17.6 Å². The van der Waals surface area contributed by atoms with Crippen LogP contribution < -0.4 is 15.2 Å². The Bertz CT molecular complexity index is 466. The van der Waals surface area contributed by atoms with E-state index in [0.717, 1.165) is 29.4 Å². The summed E-state index contributed by atoms with van der Waals surface area (Å²) in [5, 5.41) is 0. The van der Waals surface area contributed by atoms with Gasteiger partial charge in [-0.05, 0) is 42.9 Å². The van der Waals surface area contributed by atoms with Crippen LogP contribution in [0.4, 0.5) is 0 Å². The Kier molecular flexibility index (Phi) is 3.88. The van der Waals surface area contributed by atoms with Crippen LogP contribution in [0.15, 0.2) is 18.2 Å². The number of benzene rings is 1. The molecule has 1 aliphatic heterocycles. The summed E-state index contributed by atoms with van der Waals surface area (Å²) in [6.07, 6.45) is 6.44. The third-order valence-electron chi connectivity index (χ3n) is 4.97. The van der Waals surface area contributed by atoms with Crippen LogP contribution in [-0.4, -0.2) is 13.2 Å². The third-order valence-corrected chi connectivity index (χ3v) is 4.97. The minimum absolute atomic E-state index is 0.0678. The molecule has 0 radical (unpaired) electrons. The van der Waals surface area contributed by atoms with Gasteiger partial charge in [-0.25, -0.2) is 0 Å². The van der Waals surface area contributed by atoms with Gasteiger partial charge in [-0.3, -0.25) is 0 Å². The van der Waals surface area contributed by atoms with E-state index in [1.54, 1.807) is 7.11 Å². The van der Waals surface area contributed by atoms with Gasteiger partial charge in [-0.1, -0.05) is 19.8 Å². The van der Waals surface area contributed by atoms with Crippen molar-refractivity contribution in [1.29, 1.82) is 0 Å². The monoisotopic (exact) mass is 275 g/mol. The molecule has 0 bridgehead atoms. The first-order chi connectivity index (χ1) is 9.67. The van der Waals surface area contributed by atoms with Gasteiger partial charge in [0.25, 0.3) is 0 Å². The van der Waals surface area contributed by atoms with E-state index in [-0.39, 0.29) is 6.04 Å². The van der Waals surface area contributed by atoms with Gasteiger partial charge >= 0.3 is 0 Å². The molecule has 1 aliphatic carbocycles. The van der Waals surface area contributed by atoms with Crippen molar-refractivity contribution in [3.8, 4) is 11.5 Å². The molecule has 3 rings (SSSR count). The number of hydrogen-bond donors (Lipinski definition) is 1. The van der Waals surface area contributed by atoms with E-state index in [1.807, 2.05) is 18.2 Å². The number of rotatable bonds is 2. The quantitative estimate of drug-likeness (QED) is 0.895. The highest BCUT2D eigenvalue weighted by molar-refractivity contribution is 5.43. The SMILES string of the molecule is COc1ccc2c(c1)[C@H](N)CC(C1CCC(C)CC1)O2. The largest absolute Gasteiger partial charge is 0.497 e. The van der Waals surface area contributed by atoms with Gasteiger partial charge in [0.1, 0.15) is 17.6 Å². The lowest BCUT2D eigenvalue weighted by molar-refractivity contribution is 0.0702. The Hall–Kier alpha value is -1.22. The predicted octanol–water partition coefficient (Wildman–Crippen LogP) is 3.67. The van der Waals surface area contributed by atoms with Crippen LogP contribution in [0.1, 0.15) is 50.6 Å². The molecule has 1 fully saturated rings. The first-order valence-corrected chi connectivity index (χ1v) is 7.77. The zero-order valence-corrected chi connectivity index (χ0v) is 12.5. The van der Waals surface area contributed by atoms with Gasteiger partial charge < -0.3 is 15.2 Å². The van der Waals surface area contributed by atoms with Crippen LogP contribution in [-0.2, 0) is 0 Å². The number of nitrogens with two attached hydrogens (primary N) is 1. The summed E-state index contributed by atoms with van der Waals surface area (Å²) in [6.45, 7) is 2.35. The second-order valence-electron chi connectivity index (χ2n) is 6.42. The van der Waals surface area contributed by atoms with E-state index in [4.69, 9.17) is 15.2 Å². The summed E-state index contributed by atoms with van der Waals surface area (Å²) in [5.74, 6) is 3.36. The van der Waals surface area contributed by atoms with Gasteiger partial charge in [0.05, 0.1) is 7.11 Å². The van der Waals surface area contributed by atoms with Gasteiger partial charge in [-0.2, -0.15) is 0 Å². The first-order valence-electron chi connectivity index (χ1n) is 7.77. The zero-order chi connectivity index (χ0) is 14.1. The molecule has 3 heteroatoms. The molecular formula is C17H25NO2. The summed E-state index contributed by atoms with van der Waals surface area (Å²) in [7, 11) is 1.68. The van der Waals surface area contributed by atoms with E-state index in [2.05, 4.69) is 6.92 Å². The molecule has 0 amide bonds. The Labute approximate surface area is 121 Å². The lowest BCUT2D eigenvalue weighted by Crippen LogP contribution is -2.36. The number of fused-ring (bicyclic) bond motifs is 1. The average Bonchev–Trinajstić information content (AvgIpc) is 2.47. The van der Waals surface area contributed by atoms with Crippen molar-refractivity contribution >= 4 is 0 Å². The maximum Gasteiger partial charge on any atom is 0.124 e. The maximum atomic E-state index is 6.36. The van der Waals surface area contributed by atoms with Crippen LogP contribution in [0.25, 0.3) is 0 Å². The zero-order valence-electron chi connectivity index (χ0n) is 12.5. The van der Waals surface area contributed by atoms with E-state index < -0.39 is 0 Å². The fourth-order valence-corrected chi connectivity index (χ4v) is 3.59. The van der Waals surface area contributed by atoms with Crippen LogP contribution in [0.2, 0.25) is 0 Å². The van der Waals surface area contributed by atoms with Crippen molar-refractivity contribution in [3.63, 3.8) is 0 Å². The van der Waals surface area contributed by atoms with Crippen molar-refractivity contribution in [2.45, 2.75) is 51.2 Å². The molecule has 0 spiro atoms. The van der Waals surface area contributed by atoms with E-state index in [9.17, 15) is 0 Å². The minimum atomic E-state index is 0.0678. The van der Waals surface area contributed by atoms with Gasteiger partial charge in [0.2, 0.25) is 0 Å². The van der Waals surface area contributed by atoms with Crippen molar-refractivity contribution in [1.82, 2.24) is 0 Å². The molecule has 110 valence electrons. The normalized spacial score (nSPS) is 33.1. The second-order valence-corrected chi connectivity index (χ2v) is 6.42. The fraction of sp³-hybridized carbons (Fsp3) is 0.647. The van der Waals surface area contributed by atoms with Crippen LogP contribution >= 0.6 is 0 Å². The highest BCUT2D eigenvalue weighted by Gasteiger charge is 2.33. The van der Waals surface area contributed by atoms with Crippen LogP contribution in [0.3, 0.4) is 0 Å². The molecule has 2 atom stereocenters. The molecule has 0 aromatic heterocycles. The molecule has 1 aromatic carbocycles. The first kappa shape index (κ1) is 13.7. The molecule has 1 saturated carbocycles. The third kappa shape index (κ3) is 2.64. The van der Waals surface area contributed by atoms with Crippen LogP contribution in [0, 0.1) is 11.8 Å². The smallest absolute Gasteiger partial charge is 0.124 e. The van der Waals surface area contributed by atoms with Crippen molar-refractivity contribution in [3.05, 3.63) is 23.8 Å². The lowest BCUT2D eigenvalue weighted by atomic mass is 9.77. The summed E-state index contributed by atoms with van der Waals surface area (Å²) >= 11 is 0. The van der Waals surface area contributed by atoms with Crippen LogP contribution in [0.5, 0.6) is 11.5 Å².